The summed E-state index contributed by atoms with van der Waals surface area (Å²) in [6.45, 7) is 15.9. The van der Waals surface area contributed by atoms with Crippen LogP contribution in [0.2, 0.25) is 0 Å². The number of hydrogen-bond donors (Lipinski definition) is 0. The summed E-state index contributed by atoms with van der Waals surface area (Å²) >= 11 is 0. The third-order valence-electron chi connectivity index (χ3n) is 5.75. The Kier molecular flexibility index (Phi) is 6.21. The Morgan fingerprint density at radius 3 is 1.56 bits per heavy atom. The van der Waals surface area contributed by atoms with Gasteiger partial charge in [0, 0.05) is 0 Å². The molecule has 0 N–H and O–H groups in total. The van der Waals surface area contributed by atoms with Crippen molar-refractivity contribution in [2.45, 2.75) is 53.4 Å². The van der Waals surface area contributed by atoms with E-state index in [-0.39, 0.29) is 23.7 Å². The zero-order valence-corrected chi connectivity index (χ0v) is 15.9. The van der Waals surface area contributed by atoms with E-state index in [1.54, 1.807) is 0 Å². The van der Waals surface area contributed by atoms with Gasteiger partial charge in [-0.2, -0.15) is 0 Å². The topological polar surface area (TPSA) is 43.4 Å². The molecule has 0 aliphatic heterocycles. The maximum atomic E-state index is 12.6. The Balaban J connectivity index is 2.05. The first kappa shape index (κ1) is 19.4. The van der Waals surface area contributed by atoms with Gasteiger partial charge in [0.2, 0.25) is 0 Å². The molecular weight excluding hydrogens is 312 g/mol. The molecule has 0 saturated carbocycles. The van der Waals surface area contributed by atoms with Gasteiger partial charge in [-0.1, -0.05) is 47.6 Å². The molecule has 0 spiro atoms. The van der Waals surface area contributed by atoms with Crippen LogP contribution in [0.1, 0.15) is 53.4 Å². The molecule has 3 nitrogen and oxygen atoms in total. The second-order valence-electron chi connectivity index (χ2n) is 7.77. The maximum absolute atomic E-state index is 12.6. The van der Waals surface area contributed by atoms with Crippen molar-refractivity contribution in [2.75, 3.05) is 0 Å². The molecule has 0 radical (unpaired) electrons. The molecule has 4 atom stereocenters. The highest BCUT2D eigenvalue weighted by Crippen LogP contribution is 2.36. The fourth-order valence-corrected chi connectivity index (χ4v) is 3.68. The van der Waals surface area contributed by atoms with Crippen LogP contribution in [0.3, 0.4) is 0 Å². The van der Waals surface area contributed by atoms with Gasteiger partial charge in [-0.25, -0.2) is 0 Å². The van der Waals surface area contributed by atoms with Crippen LogP contribution in [0, 0.1) is 23.7 Å². The summed E-state index contributed by atoms with van der Waals surface area (Å²) < 4.78 is 5.31. The third kappa shape index (κ3) is 4.59. The van der Waals surface area contributed by atoms with E-state index in [9.17, 15) is 9.59 Å². The molecular formula is C22H30O3. The quantitative estimate of drug-likeness (QED) is 0.403. The van der Waals surface area contributed by atoms with Gasteiger partial charge in [-0.05, 0) is 65.2 Å². The molecule has 3 heteroatoms. The average Bonchev–Trinajstić information content (AvgIpc) is 2.54. The lowest BCUT2D eigenvalue weighted by molar-refractivity contribution is -0.164. The highest BCUT2D eigenvalue weighted by atomic mass is 16.6. The third-order valence-corrected chi connectivity index (χ3v) is 5.75. The summed E-state index contributed by atoms with van der Waals surface area (Å²) in [5.41, 5.74) is 4.13. The molecule has 0 aromatic rings. The molecule has 0 fully saturated rings. The normalized spacial score (nSPS) is 29.3. The lowest BCUT2D eigenvalue weighted by atomic mass is 9.78. The van der Waals surface area contributed by atoms with E-state index in [0.29, 0.717) is 12.8 Å². The minimum atomic E-state index is -0.421. The lowest BCUT2D eigenvalue weighted by Crippen LogP contribution is -2.31. The number of hydrogen-bond acceptors (Lipinski definition) is 3. The highest BCUT2D eigenvalue weighted by molar-refractivity contribution is 5.90. The first-order valence-corrected chi connectivity index (χ1v) is 9.10. The minimum absolute atomic E-state index is 0.278. The summed E-state index contributed by atoms with van der Waals surface area (Å²) in [5, 5.41) is 0. The van der Waals surface area contributed by atoms with E-state index in [1.807, 2.05) is 27.7 Å². The van der Waals surface area contributed by atoms with Crippen LogP contribution in [0.5, 0.6) is 0 Å². The Hall–Kier alpha value is -1.90. The van der Waals surface area contributed by atoms with Crippen molar-refractivity contribution < 1.29 is 14.3 Å². The molecule has 2 aliphatic carbocycles. The standard InChI is InChI=1S/C22H30O3/c1-13(2)17-9-7-15(5)19(11-17)21(23)25-22(24)20-12-18(14(3)4)10-8-16(20)6/h7-8,17-20H,1,3,9-12H2,2,4-6H3/t17-,18+,19-,20-/m1/s1. The van der Waals surface area contributed by atoms with E-state index in [2.05, 4.69) is 25.3 Å². The van der Waals surface area contributed by atoms with Crippen molar-refractivity contribution in [3.8, 4) is 0 Å². The van der Waals surface area contributed by atoms with E-state index in [4.69, 9.17) is 4.74 Å². The van der Waals surface area contributed by atoms with Crippen molar-refractivity contribution in [2.24, 2.45) is 23.7 Å². The van der Waals surface area contributed by atoms with Gasteiger partial charge in [0.1, 0.15) is 0 Å². The Morgan fingerprint density at radius 2 is 1.24 bits per heavy atom. The number of allylic oxidation sites excluding steroid dienone is 4. The summed E-state index contributed by atoms with van der Waals surface area (Å²) in [7, 11) is 0. The molecule has 0 unspecified atom stereocenters. The van der Waals surface area contributed by atoms with Crippen molar-refractivity contribution in [3.63, 3.8) is 0 Å². The van der Waals surface area contributed by atoms with Crippen molar-refractivity contribution in [1.29, 1.82) is 0 Å². The number of carbonyl (C=O) groups excluding carboxylic acids is 2. The highest BCUT2D eigenvalue weighted by Gasteiger charge is 2.34. The lowest BCUT2D eigenvalue weighted by Gasteiger charge is -2.29. The van der Waals surface area contributed by atoms with Crippen molar-refractivity contribution in [3.05, 3.63) is 47.6 Å². The summed E-state index contributed by atoms with van der Waals surface area (Å²) in [5.74, 6) is -0.973. The smallest absolute Gasteiger partial charge is 0.320 e. The molecule has 0 saturated heterocycles. The van der Waals surface area contributed by atoms with Crippen LogP contribution in [-0.4, -0.2) is 11.9 Å². The Bertz CT molecular complexity index is 594. The second-order valence-corrected chi connectivity index (χ2v) is 7.77. The van der Waals surface area contributed by atoms with E-state index in [0.717, 1.165) is 35.1 Å². The van der Waals surface area contributed by atoms with E-state index >= 15 is 0 Å². The molecule has 0 heterocycles. The summed E-state index contributed by atoms with van der Waals surface area (Å²) in [6.07, 6.45) is 7.31. The summed E-state index contributed by atoms with van der Waals surface area (Å²) in [4.78, 5) is 25.2. The zero-order valence-electron chi connectivity index (χ0n) is 15.9. The monoisotopic (exact) mass is 342 g/mol. The molecule has 136 valence electrons. The van der Waals surface area contributed by atoms with Gasteiger partial charge >= 0.3 is 11.9 Å². The van der Waals surface area contributed by atoms with Crippen LogP contribution >= 0.6 is 0 Å². The van der Waals surface area contributed by atoms with Crippen LogP contribution in [0.15, 0.2) is 47.6 Å². The summed E-state index contributed by atoms with van der Waals surface area (Å²) in [6, 6.07) is 0. The van der Waals surface area contributed by atoms with E-state index in [1.165, 1.54) is 0 Å². The molecule has 0 amide bonds. The van der Waals surface area contributed by atoms with Gasteiger partial charge in [-0.3, -0.25) is 9.59 Å². The number of rotatable bonds is 4. The SMILES string of the molecule is C=C(C)[C@@H]1CC=C(C)[C@H](C(=O)OC(=O)[C@@H]2C[C@@H](C(=C)C)CC=C2C)C1. The number of carbonyl (C=O) groups is 2. The predicted molar refractivity (Wildman–Crippen MR) is 101 cm³/mol. The van der Waals surface area contributed by atoms with Crippen molar-refractivity contribution in [1.82, 2.24) is 0 Å². The number of esters is 2. The molecule has 0 bridgehead atoms. The van der Waals surface area contributed by atoms with Crippen molar-refractivity contribution >= 4 is 11.9 Å². The molecule has 2 aliphatic rings. The fraction of sp³-hybridized carbons (Fsp3) is 0.545. The van der Waals surface area contributed by atoms with Crippen LogP contribution in [-0.2, 0) is 14.3 Å². The van der Waals surface area contributed by atoms with Crippen LogP contribution in [0.4, 0.5) is 0 Å². The largest absolute Gasteiger partial charge is 0.392 e. The van der Waals surface area contributed by atoms with Crippen LogP contribution in [0.25, 0.3) is 0 Å². The predicted octanol–water partition coefficient (Wildman–Crippen LogP) is 5.15. The molecule has 0 aromatic carbocycles. The number of ether oxygens (including phenoxy) is 1. The van der Waals surface area contributed by atoms with E-state index < -0.39 is 11.9 Å². The zero-order chi connectivity index (χ0) is 18.7. The Morgan fingerprint density at radius 1 is 0.880 bits per heavy atom. The first-order valence-electron chi connectivity index (χ1n) is 9.10. The second kappa shape index (κ2) is 7.99. The first-order chi connectivity index (χ1) is 11.7. The average molecular weight is 342 g/mol. The van der Waals surface area contributed by atoms with Gasteiger partial charge in [0.05, 0.1) is 11.8 Å². The fourth-order valence-electron chi connectivity index (χ4n) is 3.68. The van der Waals surface area contributed by atoms with Gasteiger partial charge in [-0.15, -0.1) is 0 Å². The van der Waals surface area contributed by atoms with Gasteiger partial charge in [0.15, 0.2) is 0 Å². The molecule has 0 aromatic heterocycles. The minimum Gasteiger partial charge on any atom is -0.392 e. The maximum Gasteiger partial charge on any atom is 0.320 e. The van der Waals surface area contributed by atoms with Crippen LogP contribution < -0.4 is 0 Å². The molecule has 25 heavy (non-hydrogen) atoms. The molecule has 2 rings (SSSR count). The van der Waals surface area contributed by atoms with Gasteiger partial charge in [0.25, 0.3) is 0 Å². The Labute approximate surface area is 151 Å². The van der Waals surface area contributed by atoms with Gasteiger partial charge < -0.3 is 4.74 Å².